The van der Waals surface area contributed by atoms with Crippen molar-refractivity contribution in [2.45, 2.75) is 51.5 Å². The maximum Gasteiger partial charge on any atom is 0.243 e. The van der Waals surface area contributed by atoms with Crippen molar-refractivity contribution in [2.24, 2.45) is 11.8 Å². The molecule has 0 bridgehead atoms. The summed E-state index contributed by atoms with van der Waals surface area (Å²) in [6, 6.07) is 0. The average molecular weight is 486 g/mol. The molecule has 0 spiro atoms. The van der Waals surface area contributed by atoms with Crippen molar-refractivity contribution < 1.29 is 19.2 Å². The van der Waals surface area contributed by atoms with Gasteiger partial charge in [0.15, 0.2) is 11.6 Å². The van der Waals surface area contributed by atoms with Gasteiger partial charge in [0.1, 0.15) is 0 Å². The Labute approximate surface area is 198 Å². The summed E-state index contributed by atoms with van der Waals surface area (Å²) in [5.74, 6) is -1.69. The molecule has 1 aromatic rings. The quantitative estimate of drug-likeness (QED) is 0.211. The van der Waals surface area contributed by atoms with Gasteiger partial charge in [-0.3, -0.25) is 25.6 Å². The standard InChI is InChI=1S/C21H33ClFN7O3/c1-21(2)12-28(3)8-9-30(21)18-16(23)17(24-20(22)25-18)26-27-19(32)15(11-29(33)13-31)10-14-6-4-5-7-14/h13-15,33H,4-12H2,1-3H3,(H,27,32)(H,24,25,26)/t15-/m1/s1. The van der Waals surface area contributed by atoms with Crippen LogP contribution >= 0.6 is 11.6 Å². The number of piperazine rings is 1. The number of hydrazine groups is 1. The third-order valence-corrected chi connectivity index (χ3v) is 6.62. The van der Waals surface area contributed by atoms with Gasteiger partial charge in [-0.25, -0.2) is 5.06 Å². The lowest BCUT2D eigenvalue weighted by Crippen LogP contribution is -2.59. The van der Waals surface area contributed by atoms with Crippen molar-refractivity contribution in [3.63, 3.8) is 0 Å². The fourth-order valence-electron chi connectivity index (χ4n) is 4.87. The minimum absolute atomic E-state index is 0.0647. The number of nitrogens with zero attached hydrogens (tertiary/aromatic N) is 5. The van der Waals surface area contributed by atoms with E-state index in [4.69, 9.17) is 11.6 Å². The first kappa shape index (κ1) is 25.4. The van der Waals surface area contributed by atoms with Gasteiger partial charge in [-0.1, -0.05) is 25.7 Å². The summed E-state index contributed by atoms with van der Waals surface area (Å²) < 4.78 is 15.4. The lowest BCUT2D eigenvalue weighted by Gasteiger charge is -2.46. The highest BCUT2D eigenvalue weighted by molar-refractivity contribution is 6.28. The molecule has 1 aliphatic carbocycles. The Kier molecular flexibility index (Phi) is 8.30. The number of nitrogens with one attached hydrogen (secondary N) is 2. The zero-order valence-electron chi connectivity index (χ0n) is 19.4. The number of hydroxylamine groups is 2. The third-order valence-electron chi connectivity index (χ3n) is 6.45. The van der Waals surface area contributed by atoms with E-state index in [0.717, 1.165) is 32.2 Å². The van der Waals surface area contributed by atoms with Crippen LogP contribution in [-0.4, -0.2) is 76.2 Å². The number of carbonyl (C=O) groups excluding carboxylic acids is 2. The normalized spacial score (nSPS) is 19.9. The molecule has 0 unspecified atom stereocenters. The molecule has 0 aromatic carbocycles. The topological polar surface area (TPSA) is 114 Å². The van der Waals surface area contributed by atoms with Crippen LogP contribution in [0.15, 0.2) is 0 Å². The lowest BCUT2D eigenvalue weighted by atomic mass is 9.92. The van der Waals surface area contributed by atoms with Gasteiger partial charge >= 0.3 is 0 Å². The Morgan fingerprint density at radius 3 is 2.70 bits per heavy atom. The molecule has 1 atom stereocenters. The number of anilines is 2. The Hall–Kier alpha value is -2.24. The monoisotopic (exact) mass is 485 g/mol. The van der Waals surface area contributed by atoms with Gasteiger partial charge in [0, 0.05) is 25.2 Å². The van der Waals surface area contributed by atoms with E-state index < -0.39 is 23.2 Å². The SMILES string of the molecule is CN1CCN(c2nc(Cl)nc(NNC(=O)[C@H](CC3CCCC3)CN(O)C=O)c2F)C(C)(C)C1. The van der Waals surface area contributed by atoms with Crippen molar-refractivity contribution in [3.8, 4) is 0 Å². The van der Waals surface area contributed by atoms with Gasteiger partial charge < -0.3 is 9.80 Å². The molecule has 1 saturated carbocycles. The van der Waals surface area contributed by atoms with Gasteiger partial charge in [-0.2, -0.15) is 14.4 Å². The van der Waals surface area contributed by atoms with E-state index in [1.54, 1.807) is 0 Å². The van der Waals surface area contributed by atoms with Gasteiger partial charge in [0.25, 0.3) is 0 Å². The molecule has 1 aliphatic heterocycles. The van der Waals surface area contributed by atoms with E-state index in [2.05, 4.69) is 25.7 Å². The molecular formula is C21H33ClFN7O3. The highest BCUT2D eigenvalue weighted by Crippen LogP contribution is 2.32. The fraction of sp³-hybridized carbons (Fsp3) is 0.714. The number of rotatable bonds is 9. The molecule has 0 radical (unpaired) electrons. The van der Waals surface area contributed by atoms with Crippen molar-refractivity contribution in [1.82, 2.24) is 25.4 Å². The Morgan fingerprint density at radius 1 is 1.36 bits per heavy atom. The van der Waals surface area contributed by atoms with Crippen LogP contribution in [0.5, 0.6) is 0 Å². The van der Waals surface area contributed by atoms with Crippen molar-refractivity contribution in [1.29, 1.82) is 0 Å². The van der Waals surface area contributed by atoms with Crippen LogP contribution in [0.1, 0.15) is 46.0 Å². The molecule has 12 heteroatoms. The Morgan fingerprint density at radius 2 is 2.06 bits per heavy atom. The van der Waals surface area contributed by atoms with Gasteiger partial charge in [-0.15, -0.1) is 0 Å². The van der Waals surface area contributed by atoms with E-state index in [-0.39, 0.29) is 29.9 Å². The molecule has 3 rings (SSSR count). The number of amides is 2. The Balaban J connectivity index is 1.74. The van der Waals surface area contributed by atoms with E-state index in [1.165, 1.54) is 0 Å². The van der Waals surface area contributed by atoms with Crippen molar-refractivity contribution >= 4 is 35.6 Å². The summed E-state index contributed by atoms with van der Waals surface area (Å²) in [4.78, 5) is 35.7. The van der Waals surface area contributed by atoms with Crippen LogP contribution in [0.2, 0.25) is 5.28 Å². The van der Waals surface area contributed by atoms with Gasteiger partial charge in [0.05, 0.1) is 12.5 Å². The van der Waals surface area contributed by atoms with Crippen LogP contribution in [0.3, 0.4) is 0 Å². The summed E-state index contributed by atoms with van der Waals surface area (Å²) in [5, 5.41) is 9.93. The number of carbonyl (C=O) groups is 2. The maximum absolute atomic E-state index is 15.4. The highest BCUT2D eigenvalue weighted by atomic mass is 35.5. The predicted molar refractivity (Wildman–Crippen MR) is 122 cm³/mol. The van der Waals surface area contributed by atoms with Crippen LogP contribution in [0.25, 0.3) is 0 Å². The summed E-state index contributed by atoms with van der Waals surface area (Å²) in [7, 11) is 2.00. The molecule has 184 valence electrons. The molecular weight excluding hydrogens is 453 g/mol. The van der Waals surface area contributed by atoms with E-state index in [0.29, 0.717) is 30.5 Å². The molecule has 33 heavy (non-hydrogen) atoms. The van der Waals surface area contributed by atoms with Crippen LogP contribution < -0.4 is 15.8 Å². The molecule has 2 heterocycles. The molecule has 1 aromatic heterocycles. The zero-order valence-corrected chi connectivity index (χ0v) is 20.1. The van der Waals surface area contributed by atoms with Crippen LogP contribution in [0, 0.1) is 17.7 Å². The summed E-state index contributed by atoms with van der Waals surface area (Å²) in [5.41, 5.74) is 4.61. The van der Waals surface area contributed by atoms with E-state index >= 15 is 4.39 Å². The maximum atomic E-state index is 15.4. The smallest absolute Gasteiger partial charge is 0.243 e. The van der Waals surface area contributed by atoms with Crippen molar-refractivity contribution in [3.05, 3.63) is 11.1 Å². The number of hydrogen-bond acceptors (Lipinski definition) is 8. The number of likely N-dealkylation sites (N-methyl/N-ethyl adjacent to an activating group) is 1. The summed E-state index contributed by atoms with van der Waals surface area (Å²) >= 11 is 6.08. The molecule has 10 nitrogen and oxygen atoms in total. The Bertz CT molecular complexity index is 853. The first-order valence-corrected chi connectivity index (χ1v) is 11.6. The van der Waals surface area contributed by atoms with E-state index in [1.807, 2.05) is 25.8 Å². The number of halogens is 2. The highest BCUT2D eigenvalue weighted by Gasteiger charge is 2.36. The number of aromatic nitrogens is 2. The summed E-state index contributed by atoms with van der Waals surface area (Å²) in [6.45, 7) is 5.84. The lowest BCUT2D eigenvalue weighted by molar-refractivity contribution is -0.154. The third kappa shape index (κ3) is 6.42. The van der Waals surface area contributed by atoms with Gasteiger partial charge in [0.2, 0.25) is 23.4 Å². The predicted octanol–water partition coefficient (Wildman–Crippen LogP) is 2.29. The van der Waals surface area contributed by atoms with Crippen LogP contribution in [-0.2, 0) is 9.59 Å². The minimum atomic E-state index is -0.721. The molecule has 2 amide bonds. The molecule has 3 N–H and O–H groups in total. The van der Waals surface area contributed by atoms with Crippen molar-refractivity contribution in [2.75, 3.05) is 43.6 Å². The van der Waals surface area contributed by atoms with Crippen LogP contribution in [0.4, 0.5) is 16.0 Å². The largest absolute Gasteiger partial charge is 0.346 e. The minimum Gasteiger partial charge on any atom is -0.346 e. The molecule has 1 saturated heterocycles. The van der Waals surface area contributed by atoms with E-state index in [9.17, 15) is 14.8 Å². The van der Waals surface area contributed by atoms with Gasteiger partial charge in [-0.05, 0) is 44.8 Å². The first-order valence-electron chi connectivity index (χ1n) is 11.3. The first-order chi connectivity index (χ1) is 15.6. The summed E-state index contributed by atoms with van der Waals surface area (Å²) in [6.07, 6.45) is 4.99. The number of hydrogen-bond donors (Lipinski definition) is 3. The molecule has 2 aliphatic rings. The zero-order chi connectivity index (χ0) is 24.2. The second-order valence-electron chi connectivity index (χ2n) is 9.61. The average Bonchev–Trinajstić information content (AvgIpc) is 3.26. The fourth-order valence-corrected chi connectivity index (χ4v) is 5.03. The second kappa shape index (κ2) is 10.8. The molecule has 2 fully saturated rings. The second-order valence-corrected chi connectivity index (χ2v) is 9.94.